The van der Waals surface area contributed by atoms with Crippen LogP contribution in [0.5, 0.6) is 0 Å². The summed E-state index contributed by atoms with van der Waals surface area (Å²) in [7, 11) is 0. The van der Waals surface area contributed by atoms with Crippen LogP contribution in [-0.2, 0) is 11.2 Å². The summed E-state index contributed by atoms with van der Waals surface area (Å²) in [6, 6.07) is 4.55. The molecule has 6 nitrogen and oxygen atoms in total. The Morgan fingerprint density at radius 1 is 1.60 bits per heavy atom. The predicted molar refractivity (Wildman–Crippen MR) is 52.3 cm³/mol. The van der Waals surface area contributed by atoms with Gasteiger partial charge in [0.15, 0.2) is 0 Å². The number of hydrogen-bond donors (Lipinski definition) is 2. The van der Waals surface area contributed by atoms with E-state index in [1.54, 1.807) is 10.7 Å². The van der Waals surface area contributed by atoms with Gasteiger partial charge in [-0.3, -0.25) is 4.79 Å². The number of aromatic nitrogens is 3. The predicted octanol–water partition coefficient (Wildman–Crippen LogP) is -0.316. The molecular weight excluding hydrogens is 196 g/mol. The van der Waals surface area contributed by atoms with Crippen LogP contribution in [0.4, 0.5) is 0 Å². The first-order valence-corrected chi connectivity index (χ1v) is 4.46. The minimum absolute atomic E-state index is 0.183. The van der Waals surface area contributed by atoms with E-state index < -0.39 is 12.0 Å². The van der Waals surface area contributed by atoms with Gasteiger partial charge in [0.2, 0.25) is 0 Å². The average molecular weight is 206 g/mol. The van der Waals surface area contributed by atoms with Crippen molar-refractivity contribution >= 4 is 11.5 Å². The van der Waals surface area contributed by atoms with Gasteiger partial charge < -0.3 is 10.8 Å². The highest BCUT2D eigenvalue weighted by molar-refractivity contribution is 5.74. The number of nitrogens with two attached hydrogens (primary N) is 1. The standard InChI is InChI=1S/C9H10N4O2/c10-6(9(14)15)5-7-8-3-1-2-4-13(8)12-11-7/h1-4,6H,5,10H2,(H,14,15). The van der Waals surface area contributed by atoms with E-state index in [4.69, 9.17) is 10.8 Å². The van der Waals surface area contributed by atoms with Crippen molar-refractivity contribution in [2.75, 3.05) is 0 Å². The number of carboxylic acid groups (broad SMARTS) is 1. The fourth-order valence-electron chi connectivity index (χ4n) is 1.34. The van der Waals surface area contributed by atoms with Crippen LogP contribution in [0.25, 0.3) is 5.52 Å². The van der Waals surface area contributed by atoms with E-state index in [1.807, 2.05) is 18.2 Å². The fourth-order valence-corrected chi connectivity index (χ4v) is 1.34. The lowest BCUT2D eigenvalue weighted by molar-refractivity contribution is -0.138. The van der Waals surface area contributed by atoms with Crippen LogP contribution < -0.4 is 5.73 Å². The average Bonchev–Trinajstić information content (AvgIpc) is 2.62. The quantitative estimate of drug-likeness (QED) is 0.718. The van der Waals surface area contributed by atoms with Gasteiger partial charge in [0.1, 0.15) is 6.04 Å². The summed E-state index contributed by atoms with van der Waals surface area (Å²) in [5.41, 5.74) is 6.81. The van der Waals surface area contributed by atoms with Gasteiger partial charge >= 0.3 is 5.97 Å². The van der Waals surface area contributed by atoms with E-state index in [1.165, 1.54) is 0 Å². The Hall–Kier alpha value is -1.95. The molecule has 0 saturated heterocycles. The summed E-state index contributed by atoms with van der Waals surface area (Å²) in [5.74, 6) is -1.04. The van der Waals surface area contributed by atoms with Gasteiger partial charge in [0.05, 0.1) is 11.2 Å². The second kappa shape index (κ2) is 3.66. The van der Waals surface area contributed by atoms with Gasteiger partial charge in [0, 0.05) is 12.6 Å². The monoisotopic (exact) mass is 206 g/mol. The molecule has 2 aromatic rings. The largest absolute Gasteiger partial charge is 0.480 e. The van der Waals surface area contributed by atoms with Crippen molar-refractivity contribution < 1.29 is 9.90 Å². The van der Waals surface area contributed by atoms with Crippen molar-refractivity contribution in [3.63, 3.8) is 0 Å². The highest BCUT2D eigenvalue weighted by atomic mass is 16.4. The molecule has 0 saturated carbocycles. The third-order valence-corrected chi connectivity index (χ3v) is 2.13. The lowest BCUT2D eigenvalue weighted by atomic mass is 10.1. The van der Waals surface area contributed by atoms with Crippen LogP contribution in [0.1, 0.15) is 5.69 Å². The highest BCUT2D eigenvalue weighted by Crippen LogP contribution is 2.08. The number of pyridine rings is 1. The molecule has 0 fully saturated rings. The van der Waals surface area contributed by atoms with E-state index in [9.17, 15) is 4.79 Å². The molecule has 3 N–H and O–H groups in total. The SMILES string of the molecule is NC(Cc1nnn2ccccc12)C(=O)O. The minimum atomic E-state index is -1.04. The van der Waals surface area contributed by atoms with E-state index in [0.717, 1.165) is 5.52 Å². The molecule has 0 amide bonds. The lowest BCUT2D eigenvalue weighted by Crippen LogP contribution is -2.32. The van der Waals surface area contributed by atoms with Crippen molar-refractivity contribution in [3.05, 3.63) is 30.1 Å². The number of aliphatic carboxylic acids is 1. The Morgan fingerprint density at radius 2 is 2.40 bits per heavy atom. The smallest absolute Gasteiger partial charge is 0.320 e. The Morgan fingerprint density at radius 3 is 3.13 bits per heavy atom. The van der Waals surface area contributed by atoms with Gasteiger partial charge in [-0.25, -0.2) is 4.52 Å². The minimum Gasteiger partial charge on any atom is -0.480 e. The van der Waals surface area contributed by atoms with Crippen LogP contribution in [0.3, 0.4) is 0 Å². The van der Waals surface area contributed by atoms with E-state index >= 15 is 0 Å². The topological polar surface area (TPSA) is 93.5 Å². The Bertz CT molecular complexity index is 494. The van der Waals surface area contributed by atoms with Gasteiger partial charge in [-0.1, -0.05) is 11.3 Å². The number of nitrogens with zero attached hydrogens (tertiary/aromatic N) is 3. The summed E-state index contributed by atoms with van der Waals surface area (Å²) in [6.45, 7) is 0. The molecule has 6 heteroatoms. The fraction of sp³-hybridized carbons (Fsp3) is 0.222. The summed E-state index contributed by atoms with van der Waals surface area (Å²) in [4.78, 5) is 10.6. The van der Waals surface area contributed by atoms with Gasteiger partial charge in [-0.05, 0) is 12.1 Å². The van der Waals surface area contributed by atoms with Crippen LogP contribution in [0, 0.1) is 0 Å². The second-order valence-corrected chi connectivity index (χ2v) is 3.22. The zero-order valence-electron chi connectivity index (χ0n) is 7.87. The van der Waals surface area contributed by atoms with Gasteiger partial charge in [0.25, 0.3) is 0 Å². The molecule has 0 aliphatic heterocycles. The first-order chi connectivity index (χ1) is 7.18. The molecule has 2 aromatic heterocycles. The van der Waals surface area contributed by atoms with Crippen LogP contribution in [0.2, 0.25) is 0 Å². The summed E-state index contributed by atoms with van der Waals surface area (Å²) in [6.07, 6.45) is 1.93. The molecule has 0 radical (unpaired) electrons. The Balaban J connectivity index is 2.32. The van der Waals surface area contributed by atoms with Crippen LogP contribution in [0.15, 0.2) is 24.4 Å². The molecule has 0 aliphatic rings. The van der Waals surface area contributed by atoms with Gasteiger partial charge in [-0.2, -0.15) is 0 Å². The molecular formula is C9H10N4O2. The maximum atomic E-state index is 10.6. The molecule has 1 unspecified atom stereocenters. The van der Waals surface area contributed by atoms with E-state index in [-0.39, 0.29) is 6.42 Å². The molecule has 0 bridgehead atoms. The van der Waals surface area contributed by atoms with Crippen molar-refractivity contribution in [2.24, 2.45) is 5.73 Å². The zero-order chi connectivity index (χ0) is 10.8. The lowest BCUT2D eigenvalue weighted by Gasteiger charge is -2.02. The second-order valence-electron chi connectivity index (χ2n) is 3.22. The van der Waals surface area contributed by atoms with Gasteiger partial charge in [-0.15, -0.1) is 5.10 Å². The molecule has 15 heavy (non-hydrogen) atoms. The summed E-state index contributed by atoms with van der Waals surface area (Å²) in [5, 5.41) is 16.4. The third-order valence-electron chi connectivity index (χ3n) is 2.13. The van der Waals surface area contributed by atoms with Crippen molar-refractivity contribution in [2.45, 2.75) is 12.5 Å². The summed E-state index contributed by atoms with van der Waals surface area (Å²) < 4.78 is 1.59. The van der Waals surface area contributed by atoms with Crippen LogP contribution in [-0.4, -0.2) is 31.9 Å². The number of rotatable bonds is 3. The van der Waals surface area contributed by atoms with Crippen molar-refractivity contribution in [1.29, 1.82) is 0 Å². The number of fused-ring (bicyclic) bond motifs is 1. The normalized spacial score (nSPS) is 12.9. The van der Waals surface area contributed by atoms with Crippen molar-refractivity contribution in [3.8, 4) is 0 Å². The first kappa shape index (κ1) is 9.60. The Labute approximate surface area is 85.3 Å². The third kappa shape index (κ3) is 1.79. The Kier molecular flexibility index (Phi) is 2.34. The molecule has 0 aliphatic carbocycles. The number of carboxylic acids is 1. The van der Waals surface area contributed by atoms with E-state index in [0.29, 0.717) is 5.69 Å². The van der Waals surface area contributed by atoms with Crippen molar-refractivity contribution in [1.82, 2.24) is 14.8 Å². The molecule has 0 aromatic carbocycles. The molecule has 0 spiro atoms. The zero-order valence-corrected chi connectivity index (χ0v) is 7.87. The maximum Gasteiger partial charge on any atom is 0.320 e. The maximum absolute atomic E-state index is 10.6. The number of hydrogen-bond acceptors (Lipinski definition) is 4. The number of carbonyl (C=O) groups is 1. The first-order valence-electron chi connectivity index (χ1n) is 4.46. The molecule has 2 heterocycles. The molecule has 78 valence electrons. The highest BCUT2D eigenvalue weighted by Gasteiger charge is 2.15. The molecule has 1 atom stereocenters. The van der Waals surface area contributed by atoms with E-state index in [2.05, 4.69) is 10.3 Å². The molecule has 2 rings (SSSR count). The summed E-state index contributed by atoms with van der Waals surface area (Å²) >= 11 is 0. The van der Waals surface area contributed by atoms with Crippen LogP contribution >= 0.6 is 0 Å².